The van der Waals surface area contributed by atoms with E-state index >= 15 is 0 Å². The van der Waals surface area contributed by atoms with E-state index < -0.39 is 0 Å². The molecule has 3 N–H and O–H groups in total. The van der Waals surface area contributed by atoms with Crippen molar-refractivity contribution in [1.82, 2.24) is 4.90 Å². The van der Waals surface area contributed by atoms with Crippen molar-refractivity contribution in [3.63, 3.8) is 0 Å². The van der Waals surface area contributed by atoms with Gasteiger partial charge in [0.2, 0.25) is 0 Å². The summed E-state index contributed by atoms with van der Waals surface area (Å²) in [5.41, 5.74) is 7.21. The van der Waals surface area contributed by atoms with Gasteiger partial charge in [0, 0.05) is 29.4 Å². The molecule has 4 nitrogen and oxygen atoms in total. The van der Waals surface area contributed by atoms with Crippen molar-refractivity contribution in [3.8, 4) is 5.75 Å². The Morgan fingerprint density at radius 1 is 1.41 bits per heavy atom. The third-order valence-corrected chi connectivity index (χ3v) is 3.14. The number of nitrogen functional groups attached to an aromatic ring is 1. The summed E-state index contributed by atoms with van der Waals surface area (Å²) >= 11 is 0. The molecule has 0 heterocycles. The van der Waals surface area contributed by atoms with Crippen LogP contribution < -0.4 is 10.5 Å². The van der Waals surface area contributed by atoms with Crippen LogP contribution in [0.5, 0.6) is 5.75 Å². The Morgan fingerprint density at radius 3 is 2.59 bits per heavy atom. The van der Waals surface area contributed by atoms with Crippen LogP contribution in [0.2, 0.25) is 0 Å². The number of hydrogen-bond acceptors (Lipinski definition) is 4. The minimum absolute atomic E-state index is 0.112. The molecule has 0 radical (unpaired) electrons. The van der Waals surface area contributed by atoms with Gasteiger partial charge < -0.3 is 15.6 Å². The van der Waals surface area contributed by atoms with Crippen LogP contribution in [0.25, 0.3) is 0 Å². The fraction of sp³-hybridized carbons (Fsp3) is 0.538. The first kappa shape index (κ1) is 13.8. The number of anilines is 1. The Bertz CT molecular complexity index is 378. The van der Waals surface area contributed by atoms with E-state index in [0.717, 1.165) is 11.3 Å². The number of rotatable bonds is 5. The second kappa shape index (κ2) is 5.38. The summed E-state index contributed by atoms with van der Waals surface area (Å²) in [6.45, 7) is 4.81. The first-order valence-electron chi connectivity index (χ1n) is 5.65. The monoisotopic (exact) mass is 238 g/mol. The lowest BCUT2D eigenvalue weighted by Gasteiger charge is -2.34. The lowest BCUT2D eigenvalue weighted by atomic mass is 10.0. The molecule has 96 valence electrons. The molecule has 1 rings (SSSR count). The van der Waals surface area contributed by atoms with Crippen LogP contribution in [0.3, 0.4) is 0 Å². The quantitative estimate of drug-likeness (QED) is 0.763. The maximum atomic E-state index is 9.32. The highest BCUT2D eigenvalue weighted by Crippen LogP contribution is 2.24. The molecule has 0 aliphatic carbocycles. The van der Waals surface area contributed by atoms with Crippen LogP contribution in [0.1, 0.15) is 19.4 Å². The molecule has 17 heavy (non-hydrogen) atoms. The van der Waals surface area contributed by atoms with E-state index in [-0.39, 0.29) is 12.1 Å². The zero-order valence-electron chi connectivity index (χ0n) is 11.0. The van der Waals surface area contributed by atoms with Gasteiger partial charge in [-0.15, -0.1) is 0 Å². The molecule has 1 aromatic carbocycles. The van der Waals surface area contributed by atoms with E-state index in [1.54, 1.807) is 7.11 Å². The molecule has 0 aliphatic rings. The molecule has 0 aromatic heterocycles. The molecule has 0 saturated carbocycles. The topological polar surface area (TPSA) is 58.7 Å². The minimum atomic E-state index is -0.258. The maximum absolute atomic E-state index is 9.32. The Kier molecular flexibility index (Phi) is 4.37. The lowest BCUT2D eigenvalue weighted by Crippen LogP contribution is -2.43. The smallest absolute Gasteiger partial charge is 0.125 e. The summed E-state index contributed by atoms with van der Waals surface area (Å²) < 4.78 is 5.30. The Hall–Kier alpha value is -1.26. The second-order valence-corrected chi connectivity index (χ2v) is 4.90. The average Bonchev–Trinajstić information content (AvgIpc) is 2.31. The van der Waals surface area contributed by atoms with Gasteiger partial charge in [-0.25, -0.2) is 0 Å². The molecule has 0 fully saturated rings. The highest BCUT2D eigenvalue weighted by atomic mass is 16.5. The van der Waals surface area contributed by atoms with Crippen LogP contribution in [-0.4, -0.2) is 36.3 Å². The standard InChI is InChI=1S/C13H22N2O2/c1-13(2,9-16)15(3)8-10-5-6-11(14)7-12(10)17-4/h5-7,16H,8-9,14H2,1-4H3. The Labute approximate surface area is 103 Å². The van der Waals surface area contributed by atoms with Crippen LogP contribution in [0, 0.1) is 0 Å². The van der Waals surface area contributed by atoms with Gasteiger partial charge >= 0.3 is 0 Å². The van der Waals surface area contributed by atoms with Crippen LogP contribution in [0.15, 0.2) is 18.2 Å². The minimum Gasteiger partial charge on any atom is -0.496 e. The summed E-state index contributed by atoms with van der Waals surface area (Å²) in [5, 5.41) is 9.32. The molecule has 0 spiro atoms. The molecule has 0 bridgehead atoms. The van der Waals surface area contributed by atoms with Gasteiger partial charge in [-0.2, -0.15) is 0 Å². The summed E-state index contributed by atoms with van der Waals surface area (Å²) in [7, 11) is 3.61. The molecule has 0 unspecified atom stereocenters. The van der Waals surface area contributed by atoms with E-state index in [1.165, 1.54) is 0 Å². The third kappa shape index (κ3) is 3.35. The molecule has 0 aliphatic heterocycles. The summed E-state index contributed by atoms with van der Waals surface area (Å²) in [6.07, 6.45) is 0. The van der Waals surface area contributed by atoms with Crippen LogP contribution >= 0.6 is 0 Å². The number of aliphatic hydroxyl groups is 1. The fourth-order valence-electron chi connectivity index (χ4n) is 1.48. The van der Waals surface area contributed by atoms with Gasteiger partial charge in [0.05, 0.1) is 13.7 Å². The SMILES string of the molecule is COc1cc(N)ccc1CN(C)C(C)(C)CO. The Morgan fingerprint density at radius 2 is 2.06 bits per heavy atom. The lowest BCUT2D eigenvalue weighted by molar-refractivity contribution is 0.0728. The number of aliphatic hydroxyl groups excluding tert-OH is 1. The molecule has 0 saturated heterocycles. The predicted octanol–water partition coefficient (Wildman–Crippen LogP) is 1.48. The van der Waals surface area contributed by atoms with E-state index in [9.17, 15) is 5.11 Å². The highest BCUT2D eigenvalue weighted by Gasteiger charge is 2.23. The van der Waals surface area contributed by atoms with E-state index in [4.69, 9.17) is 10.5 Å². The molecule has 0 atom stereocenters. The third-order valence-electron chi connectivity index (χ3n) is 3.14. The zero-order chi connectivity index (χ0) is 13.1. The Balaban J connectivity index is 2.88. The average molecular weight is 238 g/mol. The van der Waals surface area contributed by atoms with E-state index in [0.29, 0.717) is 12.2 Å². The summed E-state index contributed by atoms with van der Waals surface area (Å²) in [5.74, 6) is 0.783. The first-order valence-corrected chi connectivity index (χ1v) is 5.65. The van der Waals surface area contributed by atoms with Crippen molar-refractivity contribution in [2.45, 2.75) is 25.9 Å². The molecular formula is C13H22N2O2. The van der Waals surface area contributed by atoms with Crippen molar-refractivity contribution in [3.05, 3.63) is 23.8 Å². The second-order valence-electron chi connectivity index (χ2n) is 4.90. The largest absolute Gasteiger partial charge is 0.496 e. The summed E-state index contributed by atoms with van der Waals surface area (Å²) in [4.78, 5) is 2.08. The maximum Gasteiger partial charge on any atom is 0.125 e. The van der Waals surface area contributed by atoms with Crippen LogP contribution in [-0.2, 0) is 6.54 Å². The predicted molar refractivity (Wildman–Crippen MR) is 70.0 cm³/mol. The van der Waals surface area contributed by atoms with E-state index in [2.05, 4.69) is 4.90 Å². The van der Waals surface area contributed by atoms with Crippen molar-refractivity contribution in [2.24, 2.45) is 0 Å². The number of likely N-dealkylation sites (N-methyl/N-ethyl adjacent to an activating group) is 1. The van der Waals surface area contributed by atoms with Crippen molar-refractivity contribution in [2.75, 3.05) is 26.5 Å². The number of nitrogens with two attached hydrogens (primary N) is 1. The van der Waals surface area contributed by atoms with Crippen molar-refractivity contribution >= 4 is 5.69 Å². The molecule has 1 aromatic rings. The first-order chi connectivity index (χ1) is 7.90. The number of ether oxygens (including phenoxy) is 1. The van der Waals surface area contributed by atoms with Gasteiger partial charge in [0.15, 0.2) is 0 Å². The number of benzene rings is 1. The van der Waals surface area contributed by atoms with Crippen LogP contribution in [0.4, 0.5) is 5.69 Å². The summed E-state index contributed by atoms with van der Waals surface area (Å²) in [6, 6.07) is 5.63. The van der Waals surface area contributed by atoms with Crippen molar-refractivity contribution in [1.29, 1.82) is 0 Å². The van der Waals surface area contributed by atoms with Gasteiger partial charge in [-0.3, -0.25) is 4.90 Å². The normalized spacial score (nSPS) is 11.9. The fourth-order valence-corrected chi connectivity index (χ4v) is 1.48. The number of hydrogen-bond donors (Lipinski definition) is 2. The number of methoxy groups -OCH3 is 1. The van der Waals surface area contributed by atoms with Crippen molar-refractivity contribution < 1.29 is 9.84 Å². The molecular weight excluding hydrogens is 216 g/mol. The van der Waals surface area contributed by atoms with Gasteiger partial charge in [0.25, 0.3) is 0 Å². The highest BCUT2D eigenvalue weighted by molar-refractivity contribution is 5.48. The van der Waals surface area contributed by atoms with Gasteiger partial charge in [-0.1, -0.05) is 6.07 Å². The molecule has 4 heteroatoms. The van der Waals surface area contributed by atoms with E-state index in [1.807, 2.05) is 39.1 Å². The van der Waals surface area contributed by atoms with Gasteiger partial charge in [0.1, 0.15) is 5.75 Å². The van der Waals surface area contributed by atoms with Gasteiger partial charge in [-0.05, 0) is 27.0 Å². The number of nitrogens with zero attached hydrogens (tertiary/aromatic N) is 1. The molecule has 0 amide bonds. The zero-order valence-corrected chi connectivity index (χ0v) is 11.0.